The monoisotopic (exact) mass is 420 g/mol. The summed E-state index contributed by atoms with van der Waals surface area (Å²) in [5.74, 6) is 2.65. The lowest BCUT2D eigenvalue weighted by molar-refractivity contribution is 0.0983. The number of aromatic amines is 1. The number of benzene rings is 1. The first-order chi connectivity index (χ1) is 15.2. The van der Waals surface area contributed by atoms with Crippen molar-refractivity contribution in [1.82, 2.24) is 19.9 Å². The number of hydrogen-bond donors (Lipinski definition) is 2. The van der Waals surface area contributed by atoms with Gasteiger partial charge >= 0.3 is 0 Å². The average Bonchev–Trinajstić information content (AvgIpc) is 2.79. The number of nitrogens with zero attached hydrogens (tertiary/aromatic N) is 4. The Balaban J connectivity index is 1.47. The van der Waals surface area contributed by atoms with Gasteiger partial charge in [-0.2, -0.15) is 4.98 Å². The molecule has 0 spiro atoms. The van der Waals surface area contributed by atoms with E-state index in [-0.39, 0.29) is 11.6 Å². The Bertz CT molecular complexity index is 1130. The summed E-state index contributed by atoms with van der Waals surface area (Å²) in [4.78, 5) is 30.2. The van der Waals surface area contributed by atoms with Crippen LogP contribution >= 0.6 is 0 Å². The van der Waals surface area contributed by atoms with Crippen LogP contribution in [0.3, 0.4) is 0 Å². The summed E-state index contributed by atoms with van der Waals surface area (Å²) < 4.78 is 11.5. The van der Waals surface area contributed by atoms with Gasteiger partial charge in [0.1, 0.15) is 5.82 Å². The third kappa shape index (κ3) is 4.09. The van der Waals surface area contributed by atoms with Crippen LogP contribution in [-0.4, -0.2) is 52.3 Å². The Morgan fingerprint density at radius 1 is 1.16 bits per heavy atom. The number of rotatable bonds is 4. The van der Waals surface area contributed by atoms with Crippen LogP contribution in [0.4, 0.5) is 17.5 Å². The number of aromatic nitrogens is 4. The topological polar surface area (TPSA) is 105 Å². The van der Waals surface area contributed by atoms with Crippen molar-refractivity contribution in [2.24, 2.45) is 0 Å². The van der Waals surface area contributed by atoms with Crippen molar-refractivity contribution >= 4 is 17.5 Å². The van der Waals surface area contributed by atoms with Gasteiger partial charge in [0.2, 0.25) is 11.8 Å². The molecule has 1 unspecified atom stereocenters. The number of ether oxygens (including phenoxy) is 2. The lowest BCUT2D eigenvalue weighted by Crippen LogP contribution is -2.45. The highest BCUT2D eigenvalue weighted by atomic mass is 16.5. The van der Waals surface area contributed by atoms with E-state index < -0.39 is 0 Å². The molecule has 1 fully saturated rings. The highest BCUT2D eigenvalue weighted by Gasteiger charge is 2.28. The standard InChI is InChI=1S/C22H24N6O3/c1-14-13-30-12-10-28(14)20-17-3-2-11-31-21(17)27-19(26-20)15-4-6-16(7-5-15)24-22-23-9-8-18(29)25-22/h4-9,14H,2-3,10-13H2,1H3,(H2,23,24,25,29). The summed E-state index contributed by atoms with van der Waals surface area (Å²) in [6.07, 6.45) is 3.35. The van der Waals surface area contributed by atoms with Gasteiger partial charge in [-0.3, -0.25) is 9.78 Å². The molecule has 2 aromatic heterocycles. The van der Waals surface area contributed by atoms with Gasteiger partial charge in [-0.05, 0) is 44.0 Å². The highest BCUT2D eigenvalue weighted by molar-refractivity contribution is 5.66. The molecule has 1 saturated heterocycles. The molecule has 2 aliphatic rings. The fraction of sp³-hybridized carbons (Fsp3) is 0.364. The van der Waals surface area contributed by atoms with Crippen LogP contribution in [0.2, 0.25) is 0 Å². The van der Waals surface area contributed by atoms with Crippen molar-refractivity contribution in [3.8, 4) is 17.3 Å². The minimum Gasteiger partial charge on any atom is -0.477 e. The molecule has 0 aliphatic carbocycles. The lowest BCUT2D eigenvalue weighted by Gasteiger charge is -2.36. The maximum atomic E-state index is 11.4. The zero-order valence-electron chi connectivity index (χ0n) is 17.3. The van der Waals surface area contributed by atoms with E-state index in [0.29, 0.717) is 37.5 Å². The molecule has 1 atom stereocenters. The molecule has 9 nitrogen and oxygen atoms in total. The van der Waals surface area contributed by atoms with E-state index in [1.54, 1.807) is 0 Å². The van der Waals surface area contributed by atoms with Crippen molar-refractivity contribution < 1.29 is 9.47 Å². The number of H-pyrrole nitrogens is 1. The summed E-state index contributed by atoms with van der Waals surface area (Å²) in [6.45, 7) is 5.00. The molecule has 2 N–H and O–H groups in total. The maximum Gasteiger partial charge on any atom is 0.252 e. The second-order valence-corrected chi connectivity index (χ2v) is 7.71. The van der Waals surface area contributed by atoms with Crippen molar-refractivity contribution in [2.75, 3.05) is 36.6 Å². The summed E-state index contributed by atoms with van der Waals surface area (Å²) >= 11 is 0. The quantitative estimate of drug-likeness (QED) is 0.663. The average molecular weight is 420 g/mol. The highest BCUT2D eigenvalue weighted by Crippen LogP contribution is 2.34. The minimum absolute atomic E-state index is 0.207. The predicted molar refractivity (Wildman–Crippen MR) is 117 cm³/mol. The molecule has 9 heteroatoms. The first-order valence-electron chi connectivity index (χ1n) is 10.5. The largest absolute Gasteiger partial charge is 0.477 e. The summed E-state index contributed by atoms with van der Waals surface area (Å²) in [5.41, 5.74) is 2.57. The second-order valence-electron chi connectivity index (χ2n) is 7.71. The van der Waals surface area contributed by atoms with Crippen molar-refractivity contribution in [3.05, 3.63) is 52.4 Å². The Labute approximate surface area is 179 Å². The zero-order valence-corrected chi connectivity index (χ0v) is 17.3. The van der Waals surface area contributed by atoms with Gasteiger partial charge in [0.05, 0.1) is 31.4 Å². The van der Waals surface area contributed by atoms with Gasteiger partial charge in [0.25, 0.3) is 5.56 Å². The number of anilines is 3. The van der Waals surface area contributed by atoms with Crippen LogP contribution in [0.25, 0.3) is 11.4 Å². The number of hydrogen-bond acceptors (Lipinski definition) is 8. The Morgan fingerprint density at radius 3 is 2.84 bits per heavy atom. The first-order valence-corrected chi connectivity index (χ1v) is 10.5. The van der Waals surface area contributed by atoms with Crippen LogP contribution in [0.1, 0.15) is 18.9 Å². The van der Waals surface area contributed by atoms with E-state index >= 15 is 0 Å². The van der Waals surface area contributed by atoms with Crippen molar-refractivity contribution in [3.63, 3.8) is 0 Å². The molecule has 2 aliphatic heterocycles. The zero-order chi connectivity index (χ0) is 21.2. The Morgan fingerprint density at radius 2 is 2.03 bits per heavy atom. The maximum absolute atomic E-state index is 11.4. The van der Waals surface area contributed by atoms with Gasteiger partial charge in [-0.1, -0.05) is 0 Å². The minimum atomic E-state index is -0.207. The third-order valence-corrected chi connectivity index (χ3v) is 5.47. The molecule has 1 aromatic carbocycles. The van der Waals surface area contributed by atoms with E-state index in [0.717, 1.165) is 42.0 Å². The third-order valence-electron chi connectivity index (χ3n) is 5.47. The summed E-state index contributed by atoms with van der Waals surface area (Å²) in [6, 6.07) is 9.32. The molecule has 0 amide bonds. The van der Waals surface area contributed by atoms with Gasteiger partial charge in [0, 0.05) is 30.1 Å². The van der Waals surface area contributed by atoms with Crippen LogP contribution in [-0.2, 0) is 11.2 Å². The fourth-order valence-corrected chi connectivity index (χ4v) is 3.89. The molecule has 3 aromatic rings. The van der Waals surface area contributed by atoms with Gasteiger partial charge in [-0.25, -0.2) is 9.97 Å². The van der Waals surface area contributed by atoms with E-state index in [1.165, 1.54) is 12.3 Å². The SMILES string of the molecule is CC1COCCN1c1nc(-c2ccc(Nc3nccc(=O)[nH]3)cc2)nc2c1CCCO2. The molecule has 0 saturated carbocycles. The lowest BCUT2D eigenvalue weighted by atomic mass is 10.1. The number of morpholine rings is 1. The van der Waals surface area contributed by atoms with E-state index in [4.69, 9.17) is 19.4 Å². The fourth-order valence-electron chi connectivity index (χ4n) is 3.89. The van der Waals surface area contributed by atoms with Crippen LogP contribution in [0.15, 0.2) is 41.3 Å². The molecule has 5 rings (SSSR count). The summed E-state index contributed by atoms with van der Waals surface area (Å²) in [7, 11) is 0. The van der Waals surface area contributed by atoms with Gasteiger partial charge in [0.15, 0.2) is 5.82 Å². The van der Waals surface area contributed by atoms with Gasteiger partial charge in [-0.15, -0.1) is 0 Å². The molecular formula is C22H24N6O3. The van der Waals surface area contributed by atoms with E-state index in [1.807, 2.05) is 24.3 Å². The number of fused-ring (bicyclic) bond motifs is 1. The first kappa shape index (κ1) is 19.5. The molecule has 0 bridgehead atoms. The number of nitrogens with one attached hydrogen (secondary N) is 2. The van der Waals surface area contributed by atoms with Crippen molar-refractivity contribution in [1.29, 1.82) is 0 Å². The Hall–Kier alpha value is -3.46. The predicted octanol–water partition coefficient (Wildman–Crippen LogP) is 2.52. The van der Waals surface area contributed by atoms with Crippen LogP contribution in [0, 0.1) is 0 Å². The molecule has 160 valence electrons. The van der Waals surface area contributed by atoms with Gasteiger partial charge < -0.3 is 19.7 Å². The van der Waals surface area contributed by atoms with E-state index in [2.05, 4.69) is 27.1 Å². The van der Waals surface area contributed by atoms with Crippen LogP contribution < -0.4 is 20.5 Å². The Kier molecular flexibility index (Phi) is 5.25. The normalized spacial score (nSPS) is 18.2. The molecule has 4 heterocycles. The molecule has 31 heavy (non-hydrogen) atoms. The second kappa shape index (κ2) is 8.35. The molecule has 0 radical (unpaired) electrons. The molecular weight excluding hydrogens is 396 g/mol. The van der Waals surface area contributed by atoms with E-state index in [9.17, 15) is 4.79 Å². The van der Waals surface area contributed by atoms with Crippen LogP contribution in [0.5, 0.6) is 5.88 Å². The van der Waals surface area contributed by atoms with Crippen molar-refractivity contribution in [2.45, 2.75) is 25.8 Å². The smallest absolute Gasteiger partial charge is 0.252 e. The summed E-state index contributed by atoms with van der Waals surface area (Å²) in [5, 5.41) is 3.09.